The lowest BCUT2D eigenvalue weighted by Gasteiger charge is -2.58. The van der Waals surface area contributed by atoms with Crippen LogP contribution in [0.1, 0.15) is 105 Å². The highest BCUT2D eigenvalue weighted by Gasteiger charge is 2.59. The van der Waals surface area contributed by atoms with E-state index < -0.39 is 5.43 Å². The molecule has 0 N–H and O–H groups in total. The monoisotopic (exact) mass is 530 g/mol. The third-order valence-corrected chi connectivity index (χ3v) is 11.5. The quantitative estimate of drug-likeness (QED) is 0.177. The molecule has 0 saturated heterocycles. The van der Waals surface area contributed by atoms with Gasteiger partial charge in [0.1, 0.15) is 10.9 Å². The zero-order valence-corrected chi connectivity index (χ0v) is 23.9. The molecule has 0 heterocycles. The molecule has 5 heteroatoms. The number of carbonyl (C=O) groups excluding carboxylic acids is 1. The number of carbonyl (C=O) groups is 1. The first-order valence-electron chi connectivity index (χ1n) is 13.9. The van der Waals surface area contributed by atoms with Crippen molar-refractivity contribution < 1.29 is 9.53 Å². The van der Waals surface area contributed by atoms with Crippen molar-refractivity contribution in [1.29, 1.82) is 0 Å². The van der Waals surface area contributed by atoms with Crippen molar-refractivity contribution in [3.8, 4) is 0 Å². The zero-order chi connectivity index (χ0) is 24.7. The first kappa shape index (κ1) is 27.1. The van der Waals surface area contributed by atoms with Crippen LogP contribution in [0, 0.1) is 46.3 Å². The van der Waals surface area contributed by atoms with Gasteiger partial charge in [-0.3, -0.25) is 0 Å². The number of alkyl halides is 2. The van der Waals surface area contributed by atoms with Gasteiger partial charge < -0.3 is 4.74 Å². The van der Waals surface area contributed by atoms with Gasteiger partial charge in [-0.15, -0.1) is 23.2 Å². The summed E-state index contributed by atoms with van der Waals surface area (Å²) in [5.41, 5.74) is 1.66. The molecule has 0 bridgehead atoms. The molecule has 0 spiro atoms. The normalized spacial score (nSPS) is 41.2. The highest BCUT2D eigenvalue weighted by atomic mass is 35.5. The maximum absolute atomic E-state index is 11.3. The van der Waals surface area contributed by atoms with E-state index in [0.717, 1.165) is 55.3 Å². The molecule has 2 nitrogen and oxygen atoms in total. The fraction of sp³-hybridized carbons (Fsp3) is 0.897. The molecule has 0 aromatic rings. The number of rotatable bonds is 8. The standard InChI is InChI=1S/C29H45Cl3O2/c1-18(16-26(30)31)6-5-7-19(2)23-10-11-24-22-9-8-20-17-21(34-27(32)33)12-14-28(20,3)25(22)13-15-29(23,24)4/h8,18-19,21-26H,5-7,9-17H2,1-4H3/t18?,19-,21+,22+,23-,24+,25+,28+,29-/m1/s1. The molecular formula is C29H45Cl3O2. The second-order valence-electron chi connectivity index (χ2n) is 12.8. The SMILES string of the molecule is CC(CCC[C@@H](C)[C@H]1CC[C@H]2[C@@H]3CC=C4C[C@@H](OC(=O)Cl)CC[C@]4(C)[C@H]3CC[C@]12C)CC(Cl)Cl. The second-order valence-corrected chi connectivity index (χ2v) is 14.4. The van der Waals surface area contributed by atoms with E-state index in [1.54, 1.807) is 5.57 Å². The van der Waals surface area contributed by atoms with Crippen LogP contribution in [0.15, 0.2) is 11.6 Å². The molecule has 194 valence electrons. The minimum Gasteiger partial charge on any atom is -0.450 e. The number of halogens is 3. The third-order valence-electron chi connectivity index (χ3n) is 11.0. The van der Waals surface area contributed by atoms with Crippen molar-refractivity contribution in [2.24, 2.45) is 46.3 Å². The Morgan fingerprint density at radius 2 is 1.85 bits per heavy atom. The molecule has 4 aliphatic carbocycles. The van der Waals surface area contributed by atoms with Crippen molar-refractivity contribution in [2.45, 2.75) is 116 Å². The van der Waals surface area contributed by atoms with E-state index in [-0.39, 0.29) is 16.4 Å². The molecule has 0 aromatic carbocycles. The lowest BCUT2D eigenvalue weighted by atomic mass is 9.47. The zero-order valence-electron chi connectivity index (χ0n) is 21.6. The Kier molecular flexibility index (Phi) is 8.64. The molecule has 9 atom stereocenters. The Bertz CT molecular complexity index is 766. The van der Waals surface area contributed by atoms with E-state index in [1.807, 2.05) is 0 Å². The maximum Gasteiger partial charge on any atom is 0.404 e. The van der Waals surface area contributed by atoms with Crippen LogP contribution in [0.5, 0.6) is 0 Å². The summed E-state index contributed by atoms with van der Waals surface area (Å²) in [7, 11) is 0. The van der Waals surface area contributed by atoms with Gasteiger partial charge >= 0.3 is 5.43 Å². The lowest BCUT2D eigenvalue weighted by Crippen LogP contribution is -2.51. The van der Waals surface area contributed by atoms with E-state index in [9.17, 15) is 4.79 Å². The predicted octanol–water partition coefficient (Wildman–Crippen LogP) is 9.95. The molecule has 0 aromatic heterocycles. The second kappa shape index (κ2) is 10.8. The number of hydrogen-bond acceptors (Lipinski definition) is 2. The van der Waals surface area contributed by atoms with Crippen molar-refractivity contribution in [1.82, 2.24) is 0 Å². The van der Waals surface area contributed by atoms with E-state index in [0.29, 0.717) is 11.3 Å². The summed E-state index contributed by atoms with van der Waals surface area (Å²) >= 11 is 17.5. The van der Waals surface area contributed by atoms with Gasteiger partial charge in [0, 0.05) is 18.0 Å². The minimum absolute atomic E-state index is 0.0334. The molecule has 34 heavy (non-hydrogen) atoms. The molecule has 4 aliphatic rings. The van der Waals surface area contributed by atoms with Crippen LogP contribution in [-0.2, 0) is 4.74 Å². The fourth-order valence-corrected chi connectivity index (χ4v) is 9.98. The van der Waals surface area contributed by atoms with Crippen LogP contribution in [0.4, 0.5) is 4.79 Å². The smallest absolute Gasteiger partial charge is 0.404 e. The molecule has 0 radical (unpaired) electrons. The average molecular weight is 532 g/mol. The summed E-state index contributed by atoms with van der Waals surface area (Å²) in [5, 5.41) is 0. The lowest BCUT2D eigenvalue weighted by molar-refractivity contribution is -0.0573. The number of hydrogen-bond donors (Lipinski definition) is 0. The van der Waals surface area contributed by atoms with Gasteiger partial charge in [-0.2, -0.15) is 0 Å². The topological polar surface area (TPSA) is 26.3 Å². The Morgan fingerprint density at radius 3 is 2.56 bits per heavy atom. The van der Waals surface area contributed by atoms with E-state index in [1.165, 1.54) is 51.4 Å². The molecule has 3 saturated carbocycles. The minimum atomic E-state index is -0.654. The number of ether oxygens (including phenoxy) is 1. The molecule has 4 rings (SSSR count). The molecule has 0 aliphatic heterocycles. The van der Waals surface area contributed by atoms with Crippen molar-refractivity contribution in [2.75, 3.05) is 0 Å². The number of allylic oxidation sites excluding steroid dienone is 1. The summed E-state index contributed by atoms with van der Waals surface area (Å²) in [6, 6.07) is 0. The Morgan fingerprint density at radius 1 is 1.09 bits per heavy atom. The Hall–Kier alpha value is 0.0800. The van der Waals surface area contributed by atoms with E-state index in [2.05, 4.69) is 33.8 Å². The maximum atomic E-state index is 11.3. The van der Waals surface area contributed by atoms with E-state index >= 15 is 0 Å². The van der Waals surface area contributed by atoms with Crippen LogP contribution < -0.4 is 0 Å². The summed E-state index contributed by atoms with van der Waals surface area (Å²) in [6.45, 7) is 9.98. The van der Waals surface area contributed by atoms with Gasteiger partial charge in [0.15, 0.2) is 0 Å². The van der Waals surface area contributed by atoms with Crippen molar-refractivity contribution >= 4 is 40.2 Å². The van der Waals surface area contributed by atoms with Gasteiger partial charge in [-0.1, -0.05) is 58.6 Å². The van der Waals surface area contributed by atoms with Crippen LogP contribution in [0.25, 0.3) is 0 Å². The molecule has 3 fully saturated rings. The largest absolute Gasteiger partial charge is 0.450 e. The molecular weight excluding hydrogens is 487 g/mol. The van der Waals surface area contributed by atoms with Crippen molar-refractivity contribution in [3.05, 3.63) is 11.6 Å². The van der Waals surface area contributed by atoms with Crippen molar-refractivity contribution in [3.63, 3.8) is 0 Å². The highest BCUT2D eigenvalue weighted by molar-refractivity contribution is 6.61. The summed E-state index contributed by atoms with van der Waals surface area (Å²) in [5.74, 6) is 4.74. The van der Waals surface area contributed by atoms with Gasteiger partial charge in [-0.05, 0) is 97.7 Å². The van der Waals surface area contributed by atoms with Gasteiger partial charge in [0.25, 0.3) is 0 Å². The average Bonchev–Trinajstić information content (AvgIpc) is 3.10. The molecule has 0 amide bonds. The Labute approximate surface area is 222 Å². The third kappa shape index (κ3) is 5.35. The summed E-state index contributed by atoms with van der Waals surface area (Å²) in [6.07, 6.45) is 17.0. The van der Waals surface area contributed by atoms with Crippen LogP contribution in [-0.4, -0.2) is 16.4 Å². The fourth-order valence-electron chi connectivity index (χ4n) is 9.25. The van der Waals surface area contributed by atoms with Crippen LogP contribution in [0.2, 0.25) is 0 Å². The van der Waals surface area contributed by atoms with Crippen LogP contribution >= 0.6 is 34.8 Å². The summed E-state index contributed by atoms with van der Waals surface area (Å²) in [4.78, 5) is 11.1. The Balaban J connectivity index is 1.40. The van der Waals surface area contributed by atoms with Gasteiger partial charge in [0.05, 0.1) is 0 Å². The van der Waals surface area contributed by atoms with E-state index in [4.69, 9.17) is 39.5 Å². The molecule has 1 unspecified atom stereocenters. The summed E-state index contributed by atoms with van der Waals surface area (Å²) < 4.78 is 5.39. The first-order valence-corrected chi connectivity index (χ1v) is 15.1. The van der Waals surface area contributed by atoms with Gasteiger partial charge in [-0.25, -0.2) is 4.79 Å². The van der Waals surface area contributed by atoms with Crippen LogP contribution in [0.3, 0.4) is 0 Å². The van der Waals surface area contributed by atoms with Gasteiger partial charge in [0.2, 0.25) is 0 Å². The number of fused-ring (bicyclic) bond motifs is 5. The highest BCUT2D eigenvalue weighted by Crippen LogP contribution is 2.67. The first-order chi connectivity index (χ1) is 16.0. The predicted molar refractivity (Wildman–Crippen MR) is 144 cm³/mol.